The maximum absolute atomic E-state index is 12.5. The van der Waals surface area contributed by atoms with Gasteiger partial charge in [-0.3, -0.25) is 10.1 Å². The number of nitro benzene ring substituents is 1. The first-order valence-corrected chi connectivity index (χ1v) is 12.7. The van der Waals surface area contributed by atoms with E-state index in [1.165, 1.54) is 31.4 Å². The van der Waals surface area contributed by atoms with Crippen molar-refractivity contribution in [2.24, 2.45) is 5.10 Å². The van der Waals surface area contributed by atoms with Crippen LogP contribution in [0, 0.1) is 10.1 Å². The molecule has 5 rings (SSSR count). The predicted octanol–water partition coefficient (Wildman–Crippen LogP) is 3.65. The number of hydrogen-bond acceptors (Lipinski definition) is 12. The third-order valence-corrected chi connectivity index (χ3v) is 6.47. The Morgan fingerprint density at radius 2 is 1.56 bits per heavy atom. The van der Waals surface area contributed by atoms with Gasteiger partial charge in [0.2, 0.25) is 17.8 Å². The number of aromatic nitrogens is 3. The molecule has 13 nitrogen and oxygen atoms in total. The van der Waals surface area contributed by atoms with Crippen molar-refractivity contribution in [1.29, 1.82) is 0 Å². The van der Waals surface area contributed by atoms with Crippen LogP contribution in [0.15, 0.2) is 47.6 Å². The molecule has 0 amide bonds. The fraction of sp³-hybridized carbons (Fsp3) is 0.346. The summed E-state index contributed by atoms with van der Waals surface area (Å²) in [5.41, 5.74) is 3.67. The minimum atomic E-state index is -0.663. The highest BCUT2D eigenvalue weighted by Gasteiger charge is 2.21. The topological polar surface area (TPSA) is 148 Å². The Morgan fingerprint density at radius 3 is 2.13 bits per heavy atom. The zero-order valence-corrected chi connectivity index (χ0v) is 21.4. The minimum Gasteiger partial charge on any atom is -0.493 e. The van der Waals surface area contributed by atoms with Crippen LogP contribution in [0.2, 0.25) is 0 Å². The number of nitrogens with zero attached hydrogens (tertiary/aromatic N) is 7. The Labute approximate surface area is 224 Å². The second kappa shape index (κ2) is 11.7. The monoisotopic (exact) mass is 532 g/mol. The molecule has 1 aromatic heterocycles. The van der Waals surface area contributed by atoms with E-state index in [0.717, 1.165) is 51.9 Å². The quantitative estimate of drug-likeness (QED) is 0.141. The van der Waals surface area contributed by atoms with Crippen LogP contribution in [0.5, 0.6) is 11.5 Å². The van der Waals surface area contributed by atoms with E-state index in [4.69, 9.17) is 14.5 Å². The van der Waals surface area contributed by atoms with Crippen LogP contribution < -0.4 is 24.7 Å². The summed E-state index contributed by atoms with van der Waals surface area (Å²) < 4.78 is 10.8. The second-order valence-electron chi connectivity index (χ2n) is 9.12. The van der Waals surface area contributed by atoms with E-state index in [1.54, 1.807) is 24.4 Å². The predicted molar refractivity (Wildman–Crippen MR) is 145 cm³/mol. The molecule has 3 aromatic rings. The molecular weight excluding hydrogens is 504 g/mol. The van der Waals surface area contributed by atoms with E-state index < -0.39 is 10.9 Å². The van der Waals surface area contributed by atoms with Gasteiger partial charge in [-0.25, -0.2) is 10.2 Å². The average Bonchev–Trinajstić information content (AvgIpc) is 3.69. The summed E-state index contributed by atoms with van der Waals surface area (Å²) >= 11 is 0. The molecule has 0 bridgehead atoms. The molecule has 3 heterocycles. The SMILES string of the molecule is COc1cc(/C=N/Nc2nc(N3CCCC3)nc(N3CCCC3)n2)ccc1OC(=O)c1ccc([N+](=O)[O-])cc1. The van der Waals surface area contributed by atoms with Crippen molar-refractivity contribution in [2.45, 2.75) is 25.7 Å². The van der Waals surface area contributed by atoms with Crippen molar-refractivity contribution in [3.05, 3.63) is 63.7 Å². The summed E-state index contributed by atoms with van der Waals surface area (Å²) in [5, 5.41) is 15.1. The van der Waals surface area contributed by atoms with Gasteiger partial charge in [0, 0.05) is 38.3 Å². The lowest BCUT2D eigenvalue weighted by molar-refractivity contribution is -0.384. The van der Waals surface area contributed by atoms with Gasteiger partial charge in [-0.15, -0.1) is 0 Å². The number of hydrogen-bond donors (Lipinski definition) is 1. The van der Waals surface area contributed by atoms with Crippen LogP contribution >= 0.6 is 0 Å². The first-order chi connectivity index (χ1) is 19.0. The van der Waals surface area contributed by atoms with E-state index in [-0.39, 0.29) is 17.0 Å². The lowest BCUT2D eigenvalue weighted by atomic mass is 10.2. The Bertz CT molecular complexity index is 1340. The number of carbonyl (C=O) groups is 1. The zero-order valence-electron chi connectivity index (χ0n) is 21.4. The number of anilines is 3. The molecule has 1 N–H and O–H groups in total. The fourth-order valence-corrected chi connectivity index (χ4v) is 4.41. The van der Waals surface area contributed by atoms with E-state index in [0.29, 0.717) is 29.2 Å². The van der Waals surface area contributed by atoms with Gasteiger partial charge in [0.25, 0.3) is 5.69 Å². The lowest BCUT2D eigenvalue weighted by Crippen LogP contribution is -2.25. The lowest BCUT2D eigenvalue weighted by Gasteiger charge is -2.20. The number of nitrogens with one attached hydrogen (secondary N) is 1. The summed E-state index contributed by atoms with van der Waals surface area (Å²) in [6.07, 6.45) is 6.05. The second-order valence-corrected chi connectivity index (χ2v) is 9.12. The number of esters is 1. The molecule has 0 unspecified atom stereocenters. The average molecular weight is 533 g/mol. The number of non-ortho nitro benzene ring substituents is 1. The van der Waals surface area contributed by atoms with Gasteiger partial charge in [-0.2, -0.15) is 20.1 Å². The number of carbonyl (C=O) groups excluding carboxylic acids is 1. The molecule has 202 valence electrons. The maximum Gasteiger partial charge on any atom is 0.343 e. The first kappa shape index (κ1) is 25.8. The van der Waals surface area contributed by atoms with Gasteiger partial charge in [0.05, 0.1) is 23.8 Å². The van der Waals surface area contributed by atoms with Gasteiger partial charge in [0.1, 0.15) is 0 Å². The standard InChI is InChI=1S/C26H28N8O5/c1-38-22-16-18(6-11-21(22)39-23(35)19-7-9-20(10-8-19)34(36)37)17-27-31-24-28-25(32-12-2-3-13-32)30-26(29-24)33-14-4-5-15-33/h6-11,16-17H,2-5,12-15H2,1H3,(H,28,29,30,31)/b27-17+. The van der Waals surface area contributed by atoms with Gasteiger partial charge < -0.3 is 19.3 Å². The fourth-order valence-electron chi connectivity index (χ4n) is 4.41. The van der Waals surface area contributed by atoms with Gasteiger partial charge >= 0.3 is 5.97 Å². The van der Waals surface area contributed by atoms with Crippen LogP contribution in [0.25, 0.3) is 0 Å². The Morgan fingerprint density at radius 1 is 0.949 bits per heavy atom. The summed E-state index contributed by atoms with van der Waals surface area (Å²) in [5.74, 6) is 1.54. The summed E-state index contributed by atoms with van der Waals surface area (Å²) in [7, 11) is 1.46. The van der Waals surface area contributed by atoms with Gasteiger partial charge in [-0.1, -0.05) is 0 Å². The van der Waals surface area contributed by atoms with Crippen LogP contribution in [0.4, 0.5) is 23.5 Å². The molecule has 2 saturated heterocycles. The molecule has 2 aliphatic rings. The molecule has 39 heavy (non-hydrogen) atoms. The highest BCUT2D eigenvalue weighted by atomic mass is 16.6. The highest BCUT2D eigenvalue weighted by Crippen LogP contribution is 2.29. The third-order valence-electron chi connectivity index (χ3n) is 6.47. The molecule has 0 radical (unpaired) electrons. The minimum absolute atomic E-state index is 0.113. The molecule has 0 aliphatic carbocycles. The van der Waals surface area contributed by atoms with Crippen LogP contribution in [0.1, 0.15) is 41.6 Å². The van der Waals surface area contributed by atoms with Crippen molar-refractivity contribution in [3.8, 4) is 11.5 Å². The van der Waals surface area contributed by atoms with Gasteiger partial charge in [0.15, 0.2) is 11.5 Å². The zero-order chi connectivity index (χ0) is 27.2. The first-order valence-electron chi connectivity index (χ1n) is 12.7. The number of rotatable bonds is 9. The van der Waals surface area contributed by atoms with Crippen LogP contribution in [0.3, 0.4) is 0 Å². The number of hydrazone groups is 1. The molecule has 13 heteroatoms. The Balaban J connectivity index is 1.28. The summed E-state index contributed by atoms with van der Waals surface area (Å²) in [6.45, 7) is 3.69. The molecular formula is C26H28N8O5. The smallest absolute Gasteiger partial charge is 0.343 e. The molecule has 0 spiro atoms. The van der Waals surface area contributed by atoms with Crippen LogP contribution in [-0.2, 0) is 0 Å². The summed E-state index contributed by atoms with van der Waals surface area (Å²) in [6, 6.07) is 10.1. The van der Waals surface area contributed by atoms with Crippen molar-refractivity contribution in [2.75, 3.05) is 48.5 Å². The van der Waals surface area contributed by atoms with E-state index in [1.807, 2.05) is 0 Å². The van der Waals surface area contributed by atoms with Crippen molar-refractivity contribution >= 4 is 35.7 Å². The third kappa shape index (κ3) is 6.20. The van der Waals surface area contributed by atoms with E-state index >= 15 is 0 Å². The van der Waals surface area contributed by atoms with Gasteiger partial charge in [-0.05, 0) is 61.6 Å². The Kier molecular flexibility index (Phi) is 7.75. The normalized spacial score (nSPS) is 15.1. The molecule has 2 aromatic carbocycles. The molecule has 0 atom stereocenters. The van der Waals surface area contributed by atoms with Crippen LogP contribution in [-0.4, -0.2) is 65.3 Å². The number of benzene rings is 2. The van der Waals surface area contributed by atoms with Crippen molar-refractivity contribution in [1.82, 2.24) is 15.0 Å². The van der Waals surface area contributed by atoms with Crippen molar-refractivity contribution < 1.29 is 19.2 Å². The largest absolute Gasteiger partial charge is 0.493 e. The van der Waals surface area contributed by atoms with Crippen molar-refractivity contribution in [3.63, 3.8) is 0 Å². The van der Waals surface area contributed by atoms with E-state index in [2.05, 4.69) is 30.3 Å². The number of methoxy groups -OCH3 is 1. The Hall–Kier alpha value is -4.81. The summed E-state index contributed by atoms with van der Waals surface area (Å²) in [4.78, 5) is 41.0. The maximum atomic E-state index is 12.5. The molecule has 2 aliphatic heterocycles. The number of nitro groups is 1. The molecule has 0 saturated carbocycles. The molecule has 2 fully saturated rings. The highest BCUT2D eigenvalue weighted by molar-refractivity contribution is 5.92. The number of ether oxygens (including phenoxy) is 2. The van der Waals surface area contributed by atoms with E-state index in [9.17, 15) is 14.9 Å².